The molecule has 0 bridgehead atoms. The van der Waals surface area contributed by atoms with Gasteiger partial charge in [-0.25, -0.2) is 4.39 Å². The van der Waals surface area contributed by atoms with Crippen molar-refractivity contribution in [1.29, 1.82) is 0 Å². The molecule has 19 heteroatoms. The number of hydrogen-bond donors (Lipinski definition) is 1. The lowest BCUT2D eigenvalue weighted by atomic mass is 9.93. The van der Waals surface area contributed by atoms with Crippen molar-refractivity contribution in [3.8, 4) is 6.01 Å². The minimum Gasteiger partial charge on any atom is -0.461 e. The van der Waals surface area contributed by atoms with Gasteiger partial charge in [-0.2, -0.15) is 37.0 Å². The number of hydrogen-bond acceptors (Lipinski definition) is 9. The van der Waals surface area contributed by atoms with E-state index >= 15 is 4.39 Å². The summed E-state index contributed by atoms with van der Waals surface area (Å²) < 4.78 is 92.5. The van der Waals surface area contributed by atoms with Crippen molar-refractivity contribution in [3.05, 3.63) is 68.4 Å². The SMILES string of the molecule is C=C(F)F.CN(C)C(=O)c1nn2c(c1Cl)CN(c1nc(OCC34CCCN3CCC4)nc3c1COC(c1c(F)c(N)cc(Cl)c1C(F)(F)F)C3)CCC2. The van der Waals surface area contributed by atoms with Gasteiger partial charge in [-0.3, -0.25) is 14.4 Å². The number of ether oxygens (including phenoxy) is 2. The lowest BCUT2D eigenvalue weighted by molar-refractivity contribution is -0.140. The molecule has 1 unspecified atom stereocenters. The van der Waals surface area contributed by atoms with E-state index in [0.717, 1.165) is 44.8 Å². The highest BCUT2D eigenvalue weighted by atomic mass is 35.5. The second-order valence-electron chi connectivity index (χ2n) is 13.7. The second-order valence-corrected chi connectivity index (χ2v) is 14.4. The molecule has 7 rings (SSSR count). The number of nitrogens with zero attached hydrogens (tertiary/aromatic N) is 7. The van der Waals surface area contributed by atoms with Crippen LogP contribution in [0.3, 0.4) is 0 Å². The number of benzene rings is 1. The number of fused-ring (bicyclic) bond motifs is 3. The standard InChI is InChI=1S/C32H36Cl2F4N8O3.C2H2F2/c1-43(2)29(47)27-25(34)21-14-44(8-5-11-46(21)42-27)28-17-15-48-22(23-24(32(36,37)38)18(33)12-19(39)26(23)35)13-20(17)40-30(41-28)49-16-31-6-3-9-45(31)10-4-7-31;1-2(3)4/h12,22H,3-11,13-16,39H2,1-2H3;1H2. The van der Waals surface area contributed by atoms with Gasteiger partial charge in [0, 0.05) is 44.7 Å². The van der Waals surface area contributed by atoms with Gasteiger partial charge in [0.15, 0.2) is 11.5 Å². The van der Waals surface area contributed by atoms with E-state index in [1.54, 1.807) is 18.8 Å². The number of carbonyl (C=O) groups is 1. The van der Waals surface area contributed by atoms with E-state index in [-0.39, 0.29) is 47.7 Å². The molecule has 3 aromatic rings. The molecule has 11 nitrogen and oxygen atoms in total. The first-order valence-corrected chi connectivity index (χ1v) is 17.7. The van der Waals surface area contributed by atoms with Crippen molar-refractivity contribution in [3.63, 3.8) is 0 Å². The molecule has 0 saturated carbocycles. The van der Waals surface area contributed by atoms with E-state index in [1.807, 2.05) is 4.90 Å². The second kappa shape index (κ2) is 15.1. The average Bonchev–Trinajstić information content (AvgIpc) is 3.70. The van der Waals surface area contributed by atoms with Gasteiger partial charge >= 0.3 is 12.2 Å². The Morgan fingerprint density at radius 1 is 1.13 bits per heavy atom. The highest BCUT2D eigenvalue weighted by Crippen LogP contribution is 2.46. The molecule has 6 heterocycles. The molecule has 4 aliphatic rings. The Morgan fingerprint density at radius 3 is 2.45 bits per heavy atom. The number of rotatable bonds is 6. The van der Waals surface area contributed by atoms with Gasteiger partial charge in [0.05, 0.1) is 57.5 Å². The zero-order chi connectivity index (χ0) is 38.4. The van der Waals surface area contributed by atoms with Crippen molar-refractivity contribution in [2.24, 2.45) is 0 Å². The zero-order valence-corrected chi connectivity index (χ0v) is 30.5. The monoisotopic (exact) mass is 790 g/mol. The van der Waals surface area contributed by atoms with Gasteiger partial charge < -0.3 is 25.0 Å². The van der Waals surface area contributed by atoms with E-state index in [0.29, 0.717) is 48.9 Å². The third-order valence-corrected chi connectivity index (χ3v) is 10.8. The van der Waals surface area contributed by atoms with Crippen molar-refractivity contribution < 1.29 is 40.6 Å². The number of nitrogen functional groups attached to an aromatic ring is 1. The van der Waals surface area contributed by atoms with Crippen LogP contribution in [-0.2, 0) is 37.0 Å². The first kappa shape index (κ1) is 38.9. The molecule has 1 amide bonds. The summed E-state index contributed by atoms with van der Waals surface area (Å²) in [6, 6.07) is 0.824. The number of anilines is 2. The largest absolute Gasteiger partial charge is 0.461 e. The minimum absolute atomic E-state index is 0.0666. The van der Waals surface area contributed by atoms with Gasteiger partial charge in [0.2, 0.25) is 0 Å². The fraction of sp³-hybridized carbons (Fsp3) is 0.529. The molecule has 0 radical (unpaired) electrons. The van der Waals surface area contributed by atoms with Gasteiger partial charge in [-0.1, -0.05) is 23.2 Å². The molecule has 2 saturated heterocycles. The maximum Gasteiger partial charge on any atom is 0.418 e. The fourth-order valence-electron chi connectivity index (χ4n) is 7.67. The summed E-state index contributed by atoms with van der Waals surface area (Å²) in [6.07, 6.45) is -3.68. The van der Waals surface area contributed by atoms with E-state index in [4.69, 9.17) is 48.4 Å². The van der Waals surface area contributed by atoms with Crippen LogP contribution in [0.4, 0.5) is 37.8 Å². The molecule has 2 aromatic heterocycles. The summed E-state index contributed by atoms with van der Waals surface area (Å²) in [5, 5.41) is 4.01. The van der Waals surface area contributed by atoms with Gasteiger partial charge in [-0.15, -0.1) is 0 Å². The Kier molecular flexibility index (Phi) is 11.1. The van der Waals surface area contributed by atoms with E-state index in [9.17, 15) is 26.7 Å². The molecule has 0 spiro atoms. The normalized spacial score (nSPS) is 19.4. The molecule has 288 valence electrons. The number of aryl methyl sites for hydroxylation is 1. The summed E-state index contributed by atoms with van der Waals surface area (Å²) in [7, 11) is 3.24. The van der Waals surface area contributed by atoms with Gasteiger partial charge in [0.25, 0.3) is 12.0 Å². The summed E-state index contributed by atoms with van der Waals surface area (Å²) in [5.74, 6) is -1.11. The number of aromatic nitrogens is 4. The van der Waals surface area contributed by atoms with Crippen LogP contribution in [0.1, 0.15) is 76.8 Å². The van der Waals surface area contributed by atoms with E-state index in [1.165, 1.54) is 4.90 Å². The smallest absolute Gasteiger partial charge is 0.418 e. The number of amides is 1. The summed E-state index contributed by atoms with van der Waals surface area (Å²) >= 11 is 12.7. The molecule has 53 heavy (non-hydrogen) atoms. The maximum absolute atomic E-state index is 15.5. The predicted octanol–water partition coefficient (Wildman–Crippen LogP) is 7.05. The minimum atomic E-state index is -4.97. The van der Waals surface area contributed by atoms with Crippen LogP contribution in [0.25, 0.3) is 0 Å². The fourth-order valence-corrected chi connectivity index (χ4v) is 8.27. The van der Waals surface area contributed by atoms with Crippen LogP contribution in [0.5, 0.6) is 6.01 Å². The molecule has 1 atom stereocenters. The lowest BCUT2D eigenvalue weighted by Crippen LogP contribution is -2.43. The third kappa shape index (κ3) is 7.75. The lowest BCUT2D eigenvalue weighted by Gasteiger charge is -2.33. The maximum atomic E-state index is 15.5. The van der Waals surface area contributed by atoms with Crippen molar-refractivity contribution in [1.82, 2.24) is 29.5 Å². The molecule has 2 fully saturated rings. The zero-order valence-electron chi connectivity index (χ0n) is 29.0. The van der Waals surface area contributed by atoms with Gasteiger partial charge in [0.1, 0.15) is 12.4 Å². The molecular formula is C34H38Cl2F6N8O3. The van der Waals surface area contributed by atoms with Crippen LogP contribution in [0.2, 0.25) is 10.0 Å². The number of nitrogens with two attached hydrogens (primary N) is 1. The highest BCUT2D eigenvalue weighted by molar-refractivity contribution is 6.34. The molecular weight excluding hydrogens is 753 g/mol. The van der Waals surface area contributed by atoms with Crippen LogP contribution in [0, 0.1) is 5.82 Å². The van der Waals surface area contributed by atoms with Crippen LogP contribution in [-0.4, -0.2) is 81.3 Å². The Balaban J connectivity index is 0.00000114. The summed E-state index contributed by atoms with van der Waals surface area (Å²) in [4.78, 5) is 28.1. The Bertz CT molecular complexity index is 1890. The number of halogens is 8. The van der Waals surface area contributed by atoms with E-state index < -0.39 is 46.0 Å². The summed E-state index contributed by atoms with van der Waals surface area (Å²) in [5.41, 5.74) is 4.67. The number of alkyl halides is 3. The van der Waals surface area contributed by atoms with Crippen LogP contribution in [0.15, 0.2) is 18.7 Å². The molecule has 2 N–H and O–H groups in total. The number of carbonyl (C=O) groups excluding carboxylic acids is 1. The van der Waals surface area contributed by atoms with Crippen LogP contribution >= 0.6 is 23.2 Å². The summed E-state index contributed by atoms with van der Waals surface area (Å²) in [6.45, 7) is 5.59. The predicted molar refractivity (Wildman–Crippen MR) is 185 cm³/mol. The first-order valence-electron chi connectivity index (χ1n) is 17.0. The molecule has 4 aliphatic heterocycles. The Morgan fingerprint density at radius 2 is 1.81 bits per heavy atom. The van der Waals surface area contributed by atoms with Crippen molar-refractivity contribution in [2.45, 2.75) is 76.0 Å². The highest BCUT2D eigenvalue weighted by Gasteiger charge is 2.46. The first-order chi connectivity index (χ1) is 25.0. The molecule has 1 aromatic carbocycles. The van der Waals surface area contributed by atoms with Gasteiger partial charge in [-0.05, 0) is 57.8 Å². The quantitative estimate of drug-likeness (QED) is 0.207. The third-order valence-electron chi connectivity index (χ3n) is 10.1. The van der Waals surface area contributed by atoms with Crippen molar-refractivity contribution in [2.75, 3.05) is 51.0 Å². The topological polar surface area (TPSA) is 115 Å². The van der Waals surface area contributed by atoms with E-state index in [2.05, 4.69) is 16.6 Å². The Hall–Kier alpha value is -3.80. The Labute approximate surface area is 311 Å². The average molecular weight is 792 g/mol. The van der Waals surface area contributed by atoms with Crippen LogP contribution < -0.4 is 15.4 Å². The molecule has 0 aliphatic carbocycles. The van der Waals surface area contributed by atoms with Crippen molar-refractivity contribution >= 4 is 40.6 Å².